The van der Waals surface area contributed by atoms with Crippen LogP contribution in [-0.4, -0.2) is 14.9 Å². The molecule has 0 spiro atoms. The van der Waals surface area contributed by atoms with Crippen molar-refractivity contribution in [3.8, 4) is 0 Å². The summed E-state index contributed by atoms with van der Waals surface area (Å²) in [6, 6.07) is 1.89. The molecule has 1 fully saturated rings. The summed E-state index contributed by atoms with van der Waals surface area (Å²) in [7, 11) is 0. The first kappa shape index (κ1) is 8.75. The topological polar surface area (TPSA) is 38.0 Å². The van der Waals surface area contributed by atoms with Crippen molar-refractivity contribution in [1.82, 2.24) is 9.78 Å². The van der Waals surface area contributed by atoms with E-state index < -0.39 is 6.10 Å². The van der Waals surface area contributed by atoms with Crippen LogP contribution in [0.4, 0.5) is 0 Å². The zero-order chi connectivity index (χ0) is 9.26. The van der Waals surface area contributed by atoms with Gasteiger partial charge in [-0.2, -0.15) is 5.10 Å². The molecule has 0 aromatic carbocycles. The minimum atomic E-state index is -0.442. The predicted molar refractivity (Wildman–Crippen MR) is 50.2 cm³/mol. The van der Waals surface area contributed by atoms with Crippen LogP contribution in [0.2, 0.25) is 0 Å². The minimum Gasteiger partial charge on any atom is -0.387 e. The van der Waals surface area contributed by atoms with Gasteiger partial charge in [0.2, 0.25) is 0 Å². The highest BCUT2D eigenvalue weighted by Crippen LogP contribution is 2.27. The summed E-state index contributed by atoms with van der Waals surface area (Å²) >= 11 is 0. The van der Waals surface area contributed by atoms with E-state index in [1.54, 1.807) is 6.92 Å². The molecule has 72 valence electrons. The summed E-state index contributed by atoms with van der Waals surface area (Å²) in [5.41, 5.74) is 0.777. The van der Waals surface area contributed by atoms with Gasteiger partial charge in [0.05, 0.1) is 11.8 Å². The maximum atomic E-state index is 9.27. The molecule has 0 radical (unpaired) electrons. The van der Waals surface area contributed by atoms with Crippen molar-refractivity contribution in [3.05, 3.63) is 18.0 Å². The molecular formula is C10H16N2O. The fourth-order valence-corrected chi connectivity index (χ4v) is 1.64. The van der Waals surface area contributed by atoms with Crippen LogP contribution < -0.4 is 0 Å². The van der Waals surface area contributed by atoms with E-state index in [1.165, 1.54) is 19.3 Å². The van der Waals surface area contributed by atoms with Gasteiger partial charge in [0.15, 0.2) is 0 Å². The number of aromatic nitrogens is 2. The van der Waals surface area contributed by atoms with E-state index in [0.29, 0.717) is 0 Å². The van der Waals surface area contributed by atoms with Crippen LogP contribution in [0.25, 0.3) is 0 Å². The lowest BCUT2D eigenvalue weighted by Gasteiger charge is -2.24. The molecule has 2 rings (SSSR count). The van der Waals surface area contributed by atoms with Crippen LogP contribution in [0.1, 0.15) is 38.0 Å². The molecule has 1 aliphatic rings. The Morgan fingerprint density at radius 1 is 1.69 bits per heavy atom. The van der Waals surface area contributed by atoms with Gasteiger partial charge in [-0.25, -0.2) is 0 Å². The Balaban J connectivity index is 1.96. The minimum absolute atomic E-state index is 0.442. The first-order chi connectivity index (χ1) is 6.25. The van der Waals surface area contributed by atoms with Gasteiger partial charge in [-0.15, -0.1) is 0 Å². The lowest BCUT2D eigenvalue weighted by molar-refractivity contribution is 0.191. The summed E-state index contributed by atoms with van der Waals surface area (Å²) in [4.78, 5) is 0. The third-order valence-electron chi connectivity index (χ3n) is 2.76. The summed E-state index contributed by atoms with van der Waals surface area (Å²) in [5.74, 6) is 0.821. The summed E-state index contributed by atoms with van der Waals surface area (Å²) < 4.78 is 1.95. The van der Waals surface area contributed by atoms with Crippen LogP contribution in [0, 0.1) is 5.92 Å². The molecule has 0 saturated heterocycles. The van der Waals surface area contributed by atoms with Crippen molar-refractivity contribution in [1.29, 1.82) is 0 Å². The Labute approximate surface area is 78.4 Å². The number of hydrogen-bond donors (Lipinski definition) is 1. The summed E-state index contributed by atoms with van der Waals surface area (Å²) in [6.07, 6.45) is 5.56. The highest BCUT2D eigenvalue weighted by molar-refractivity contribution is 5.01. The molecule has 1 aliphatic carbocycles. The monoisotopic (exact) mass is 180 g/mol. The van der Waals surface area contributed by atoms with Crippen molar-refractivity contribution >= 4 is 0 Å². The van der Waals surface area contributed by atoms with Gasteiger partial charge in [0.1, 0.15) is 0 Å². The second-order valence-electron chi connectivity index (χ2n) is 3.94. The number of rotatable bonds is 3. The number of hydrogen-bond acceptors (Lipinski definition) is 2. The van der Waals surface area contributed by atoms with E-state index >= 15 is 0 Å². The van der Waals surface area contributed by atoms with Crippen molar-refractivity contribution in [2.45, 2.75) is 38.8 Å². The van der Waals surface area contributed by atoms with Crippen LogP contribution in [0.3, 0.4) is 0 Å². The summed E-state index contributed by atoms with van der Waals surface area (Å²) in [5, 5.41) is 13.6. The van der Waals surface area contributed by atoms with Gasteiger partial charge >= 0.3 is 0 Å². The molecule has 3 heteroatoms. The second kappa shape index (κ2) is 3.50. The normalized spacial score (nSPS) is 19.8. The molecular weight excluding hydrogens is 164 g/mol. The molecule has 3 nitrogen and oxygen atoms in total. The van der Waals surface area contributed by atoms with Gasteiger partial charge < -0.3 is 5.11 Å². The maximum absolute atomic E-state index is 9.27. The zero-order valence-electron chi connectivity index (χ0n) is 7.98. The Kier molecular flexibility index (Phi) is 2.36. The molecule has 1 heterocycles. The summed E-state index contributed by atoms with van der Waals surface area (Å²) in [6.45, 7) is 2.77. The van der Waals surface area contributed by atoms with Crippen molar-refractivity contribution < 1.29 is 5.11 Å². The van der Waals surface area contributed by atoms with E-state index in [1.807, 2.05) is 16.9 Å². The molecule has 0 aliphatic heterocycles. The third kappa shape index (κ3) is 1.91. The lowest BCUT2D eigenvalue weighted by atomic mass is 9.85. The molecule has 1 atom stereocenters. The number of nitrogens with zero attached hydrogens (tertiary/aromatic N) is 2. The molecule has 1 N–H and O–H groups in total. The van der Waals surface area contributed by atoms with Crippen molar-refractivity contribution in [3.63, 3.8) is 0 Å². The average molecular weight is 180 g/mol. The molecule has 0 bridgehead atoms. The van der Waals surface area contributed by atoms with E-state index in [-0.39, 0.29) is 0 Å². The number of aliphatic hydroxyl groups is 1. The van der Waals surface area contributed by atoms with Gasteiger partial charge in [-0.05, 0) is 31.7 Å². The highest BCUT2D eigenvalue weighted by Gasteiger charge is 2.18. The van der Waals surface area contributed by atoms with Crippen LogP contribution in [-0.2, 0) is 6.54 Å². The lowest BCUT2D eigenvalue weighted by Crippen LogP contribution is -2.18. The third-order valence-corrected chi connectivity index (χ3v) is 2.76. The number of aliphatic hydroxyl groups excluding tert-OH is 1. The largest absolute Gasteiger partial charge is 0.387 e. The van der Waals surface area contributed by atoms with Gasteiger partial charge in [-0.3, -0.25) is 4.68 Å². The van der Waals surface area contributed by atoms with Gasteiger partial charge in [0.25, 0.3) is 0 Å². The van der Waals surface area contributed by atoms with Crippen LogP contribution in [0.5, 0.6) is 0 Å². The van der Waals surface area contributed by atoms with Gasteiger partial charge in [0, 0.05) is 12.7 Å². The van der Waals surface area contributed by atoms with Crippen LogP contribution >= 0.6 is 0 Å². The zero-order valence-corrected chi connectivity index (χ0v) is 7.98. The Hall–Kier alpha value is -0.830. The predicted octanol–water partition coefficient (Wildman–Crippen LogP) is 1.74. The molecule has 0 unspecified atom stereocenters. The van der Waals surface area contributed by atoms with E-state index in [4.69, 9.17) is 0 Å². The van der Waals surface area contributed by atoms with Gasteiger partial charge in [-0.1, -0.05) is 6.42 Å². The van der Waals surface area contributed by atoms with Crippen molar-refractivity contribution in [2.24, 2.45) is 5.92 Å². The molecule has 13 heavy (non-hydrogen) atoms. The maximum Gasteiger partial charge on any atom is 0.0950 e. The fourth-order valence-electron chi connectivity index (χ4n) is 1.64. The fraction of sp³-hybridized carbons (Fsp3) is 0.700. The highest BCUT2D eigenvalue weighted by atomic mass is 16.3. The first-order valence-electron chi connectivity index (χ1n) is 4.97. The molecule has 1 aromatic rings. The average Bonchev–Trinajstić information content (AvgIpc) is 2.44. The smallest absolute Gasteiger partial charge is 0.0950 e. The van der Waals surface area contributed by atoms with E-state index in [0.717, 1.165) is 18.2 Å². The van der Waals surface area contributed by atoms with Crippen molar-refractivity contribution in [2.75, 3.05) is 0 Å². The quantitative estimate of drug-likeness (QED) is 0.769. The standard InChI is InChI=1S/C10H16N2O/c1-8(13)10-5-6-12(11-10)7-9-3-2-4-9/h5-6,8-9,13H,2-4,7H2,1H3/t8-/m0/s1. The Bertz CT molecular complexity index is 276. The first-order valence-corrected chi connectivity index (χ1v) is 4.97. The van der Waals surface area contributed by atoms with E-state index in [9.17, 15) is 5.11 Å². The Morgan fingerprint density at radius 3 is 2.92 bits per heavy atom. The molecule has 1 aromatic heterocycles. The SMILES string of the molecule is C[C@H](O)c1ccn(CC2CCC2)n1. The Morgan fingerprint density at radius 2 is 2.46 bits per heavy atom. The molecule has 1 saturated carbocycles. The van der Waals surface area contributed by atoms with Crippen LogP contribution in [0.15, 0.2) is 12.3 Å². The van der Waals surface area contributed by atoms with E-state index in [2.05, 4.69) is 5.10 Å². The second-order valence-corrected chi connectivity index (χ2v) is 3.94. The molecule has 0 amide bonds.